The fourth-order valence-corrected chi connectivity index (χ4v) is 5.90. The van der Waals surface area contributed by atoms with E-state index in [1.807, 2.05) is 25.1 Å². The van der Waals surface area contributed by atoms with Crippen LogP contribution >= 0.6 is 0 Å². The molecule has 0 spiro atoms. The second-order valence-corrected chi connectivity index (χ2v) is 9.25. The molecule has 2 unspecified atom stereocenters. The van der Waals surface area contributed by atoms with Gasteiger partial charge in [0.25, 0.3) is 0 Å². The standard InChI is InChI=1S/C21H19N3O4S/c1-13-10-19-22-14(2)21(29(25,26)16-6-4-3-5-7-16)20(24(19)23-13)15-8-9-17-18(11-15)28-12-27-17/h3-11,20-21H,12H2,1-2H3. The molecule has 2 atom stereocenters. The third-order valence-corrected chi connectivity index (χ3v) is 7.43. The predicted octanol–water partition coefficient (Wildman–Crippen LogP) is 3.46. The van der Waals surface area contributed by atoms with Crippen molar-refractivity contribution in [2.45, 2.75) is 30.0 Å². The van der Waals surface area contributed by atoms with E-state index in [9.17, 15) is 8.42 Å². The molecule has 29 heavy (non-hydrogen) atoms. The second-order valence-electron chi connectivity index (χ2n) is 7.18. The van der Waals surface area contributed by atoms with Crippen molar-refractivity contribution < 1.29 is 17.9 Å². The van der Waals surface area contributed by atoms with Crippen LogP contribution in [0.2, 0.25) is 0 Å². The SMILES string of the molecule is CC1=Nc2cc(C)nn2C(c2ccc3c(c2)OCO3)C1S(=O)(=O)c1ccccc1. The van der Waals surface area contributed by atoms with Crippen LogP contribution in [0, 0.1) is 6.92 Å². The van der Waals surface area contributed by atoms with Crippen molar-refractivity contribution in [1.82, 2.24) is 9.78 Å². The summed E-state index contributed by atoms with van der Waals surface area (Å²) >= 11 is 0. The van der Waals surface area contributed by atoms with Gasteiger partial charge >= 0.3 is 0 Å². The first-order chi connectivity index (χ1) is 13.9. The van der Waals surface area contributed by atoms with Crippen LogP contribution in [-0.4, -0.2) is 36.0 Å². The number of aromatic nitrogens is 2. The molecule has 7 nitrogen and oxygen atoms in total. The Morgan fingerprint density at radius 2 is 1.76 bits per heavy atom. The molecule has 5 rings (SSSR count). The molecule has 3 aromatic rings. The van der Waals surface area contributed by atoms with Crippen LogP contribution in [0.3, 0.4) is 0 Å². The van der Waals surface area contributed by atoms with Crippen LogP contribution in [-0.2, 0) is 9.84 Å². The molecule has 148 valence electrons. The van der Waals surface area contributed by atoms with Crippen molar-refractivity contribution in [1.29, 1.82) is 0 Å². The van der Waals surface area contributed by atoms with Gasteiger partial charge in [-0.2, -0.15) is 5.10 Å². The molecule has 0 amide bonds. The Labute approximate surface area is 168 Å². The number of rotatable bonds is 3. The summed E-state index contributed by atoms with van der Waals surface area (Å²) in [6, 6.07) is 15.3. The van der Waals surface area contributed by atoms with Gasteiger partial charge in [-0.3, -0.25) is 0 Å². The van der Waals surface area contributed by atoms with Crippen molar-refractivity contribution >= 4 is 21.4 Å². The summed E-state index contributed by atoms with van der Waals surface area (Å²) in [5.41, 5.74) is 2.08. The van der Waals surface area contributed by atoms with Crippen LogP contribution in [0.5, 0.6) is 11.5 Å². The predicted molar refractivity (Wildman–Crippen MR) is 108 cm³/mol. The zero-order valence-electron chi connectivity index (χ0n) is 15.9. The van der Waals surface area contributed by atoms with Crippen molar-refractivity contribution in [3.05, 3.63) is 65.9 Å². The summed E-state index contributed by atoms with van der Waals surface area (Å²) in [6.45, 7) is 3.78. The lowest BCUT2D eigenvalue weighted by Crippen LogP contribution is -2.41. The highest BCUT2D eigenvalue weighted by atomic mass is 32.2. The smallest absolute Gasteiger partial charge is 0.231 e. The number of ether oxygens (including phenoxy) is 2. The van der Waals surface area contributed by atoms with Crippen LogP contribution in [0.15, 0.2) is 64.5 Å². The van der Waals surface area contributed by atoms with Gasteiger partial charge < -0.3 is 9.47 Å². The van der Waals surface area contributed by atoms with E-state index in [1.54, 1.807) is 48.0 Å². The van der Waals surface area contributed by atoms with Crippen molar-refractivity contribution in [3.63, 3.8) is 0 Å². The number of hydrogen-bond donors (Lipinski definition) is 0. The molecule has 0 bridgehead atoms. The summed E-state index contributed by atoms with van der Waals surface area (Å²) in [4.78, 5) is 4.83. The summed E-state index contributed by atoms with van der Waals surface area (Å²) in [5, 5.41) is 3.68. The maximum atomic E-state index is 13.7. The lowest BCUT2D eigenvalue weighted by molar-refractivity contribution is 0.174. The number of nitrogens with zero attached hydrogens (tertiary/aromatic N) is 3. The van der Waals surface area contributed by atoms with Gasteiger partial charge in [-0.05, 0) is 43.7 Å². The van der Waals surface area contributed by atoms with E-state index in [0.29, 0.717) is 23.0 Å². The molecule has 2 aliphatic rings. The third-order valence-electron chi connectivity index (χ3n) is 5.24. The molecular weight excluding hydrogens is 390 g/mol. The van der Waals surface area contributed by atoms with E-state index >= 15 is 0 Å². The summed E-state index contributed by atoms with van der Waals surface area (Å²) < 4.78 is 39.9. The summed E-state index contributed by atoms with van der Waals surface area (Å²) in [7, 11) is -3.72. The highest BCUT2D eigenvalue weighted by molar-refractivity contribution is 7.92. The summed E-state index contributed by atoms with van der Waals surface area (Å²) in [6.07, 6.45) is 0. The third kappa shape index (κ3) is 2.82. The lowest BCUT2D eigenvalue weighted by atomic mass is 9.99. The van der Waals surface area contributed by atoms with Gasteiger partial charge in [-0.15, -0.1) is 0 Å². The lowest BCUT2D eigenvalue weighted by Gasteiger charge is -2.31. The van der Waals surface area contributed by atoms with Gasteiger partial charge in [0.2, 0.25) is 6.79 Å². The van der Waals surface area contributed by atoms with Gasteiger partial charge in [-0.1, -0.05) is 24.3 Å². The first-order valence-corrected chi connectivity index (χ1v) is 10.8. The first kappa shape index (κ1) is 17.9. The minimum absolute atomic E-state index is 0.155. The van der Waals surface area contributed by atoms with E-state index < -0.39 is 21.1 Å². The van der Waals surface area contributed by atoms with Crippen LogP contribution < -0.4 is 9.47 Å². The molecule has 0 saturated carbocycles. The number of fused-ring (bicyclic) bond motifs is 2. The molecule has 0 radical (unpaired) electrons. The highest BCUT2D eigenvalue weighted by Gasteiger charge is 2.43. The van der Waals surface area contributed by atoms with Gasteiger partial charge in [0, 0.05) is 11.8 Å². The van der Waals surface area contributed by atoms with E-state index in [-0.39, 0.29) is 11.7 Å². The molecule has 0 fully saturated rings. The number of aliphatic imine (C=N–C) groups is 1. The van der Waals surface area contributed by atoms with E-state index in [1.165, 1.54) is 0 Å². The Hall–Kier alpha value is -3.13. The van der Waals surface area contributed by atoms with Crippen LogP contribution in [0.4, 0.5) is 5.82 Å². The maximum absolute atomic E-state index is 13.7. The van der Waals surface area contributed by atoms with Crippen molar-refractivity contribution in [2.24, 2.45) is 4.99 Å². The second kappa shape index (κ2) is 6.45. The first-order valence-electron chi connectivity index (χ1n) is 9.25. The monoisotopic (exact) mass is 409 g/mol. The zero-order valence-corrected chi connectivity index (χ0v) is 16.8. The Kier molecular flexibility index (Phi) is 3.99. The molecule has 8 heteroatoms. The molecule has 1 aromatic heterocycles. The van der Waals surface area contributed by atoms with Crippen LogP contribution in [0.1, 0.15) is 24.2 Å². The Bertz CT molecular complexity index is 1230. The van der Waals surface area contributed by atoms with Gasteiger partial charge in [0.15, 0.2) is 27.2 Å². The fraction of sp³-hybridized carbons (Fsp3) is 0.238. The molecule has 2 aliphatic heterocycles. The molecule has 3 heterocycles. The zero-order chi connectivity index (χ0) is 20.2. The minimum Gasteiger partial charge on any atom is -0.454 e. The van der Waals surface area contributed by atoms with E-state index in [0.717, 1.165) is 11.3 Å². The van der Waals surface area contributed by atoms with E-state index in [4.69, 9.17) is 9.47 Å². The van der Waals surface area contributed by atoms with Gasteiger partial charge in [-0.25, -0.2) is 18.1 Å². The molecule has 0 N–H and O–H groups in total. The van der Waals surface area contributed by atoms with Crippen molar-refractivity contribution in [3.8, 4) is 11.5 Å². The molecule has 2 aromatic carbocycles. The van der Waals surface area contributed by atoms with Crippen molar-refractivity contribution in [2.75, 3.05) is 6.79 Å². The maximum Gasteiger partial charge on any atom is 0.231 e. The summed E-state index contributed by atoms with van der Waals surface area (Å²) in [5.74, 6) is 1.89. The quantitative estimate of drug-likeness (QED) is 0.662. The average molecular weight is 409 g/mol. The number of sulfone groups is 1. The molecule has 0 aliphatic carbocycles. The molecule has 0 saturated heterocycles. The van der Waals surface area contributed by atoms with Gasteiger partial charge in [0.05, 0.1) is 10.6 Å². The number of benzene rings is 2. The molecular formula is C21H19N3O4S. The topological polar surface area (TPSA) is 82.8 Å². The van der Waals surface area contributed by atoms with Gasteiger partial charge in [0.1, 0.15) is 11.3 Å². The minimum atomic E-state index is -3.72. The Morgan fingerprint density at radius 3 is 2.55 bits per heavy atom. The van der Waals surface area contributed by atoms with E-state index in [2.05, 4.69) is 10.1 Å². The number of aryl methyl sites for hydroxylation is 1. The highest BCUT2D eigenvalue weighted by Crippen LogP contribution is 2.41. The number of hydrogen-bond acceptors (Lipinski definition) is 6. The normalized spacial score (nSPS) is 20.3. The Balaban J connectivity index is 1.72. The fourth-order valence-electron chi connectivity index (χ4n) is 3.96. The van der Waals surface area contributed by atoms with Crippen LogP contribution in [0.25, 0.3) is 0 Å². The largest absolute Gasteiger partial charge is 0.454 e. The Morgan fingerprint density at radius 1 is 1.00 bits per heavy atom. The average Bonchev–Trinajstić information content (AvgIpc) is 3.32.